The smallest absolute Gasteiger partial charge is 0.303 e. The molecule has 5 heteroatoms. The van der Waals surface area contributed by atoms with Crippen molar-refractivity contribution >= 4 is 5.97 Å². The van der Waals surface area contributed by atoms with Crippen LogP contribution in [0.4, 0.5) is 0 Å². The maximum Gasteiger partial charge on any atom is 0.303 e. The molecule has 20 heavy (non-hydrogen) atoms. The number of benzene rings is 1. The Hall–Kier alpha value is -2.30. The fourth-order valence-electron chi connectivity index (χ4n) is 1.50. The second kappa shape index (κ2) is 8.74. The molecule has 0 bridgehead atoms. The first-order valence-corrected chi connectivity index (χ1v) is 6.50. The van der Waals surface area contributed by atoms with E-state index in [2.05, 4.69) is 29.0 Å². The van der Waals surface area contributed by atoms with Crippen molar-refractivity contribution in [3.8, 4) is 5.88 Å². The van der Waals surface area contributed by atoms with Crippen LogP contribution in [0.2, 0.25) is 0 Å². The summed E-state index contributed by atoms with van der Waals surface area (Å²) in [4.78, 5) is 16.4. The number of carbonyl (C=O) groups is 1. The van der Waals surface area contributed by atoms with Crippen LogP contribution in [0.5, 0.6) is 5.88 Å². The summed E-state index contributed by atoms with van der Waals surface area (Å²) in [5.74, 6) is -0.0102. The van der Waals surface area contributed by atoms with Crippen molar-refractivity contribution in [2.75, 3.05) is 0 Å². The Labute approximate surface area is 118 Å². The van der Waals surface area contributed by atoms with Crippen molar-refractivity contribution in [1.29, 1.82) is 0 Å². The third-order valence-corrected chi connectivity index (χ3v) is 2.41. The fourth-order valence-corrected chi connectivity index (χ4v) is 1.50. The number of nitrogens with zero attached hydrogens (tertiary/aromatic N) is 1. The third-order valence-electron chi connectivity index (χ3n) is 2.41. The van der Waals surface area contributed by atoms with E-state index in [9.17, 15) is 4.79 Å². The molecule has 0 spiro atoms. The Balaban J connectivity index is 0.000000286. The van der Waals surface area contributed by atoms with Crippen LogP contribution < -0.4 is 4.74 Å². The molecule has 0 amide bonds. The maximum absolute atomic E-state index is 9.60. The number of hydrogen-bond donors (Lipinski definition) is 2. The van der Waals surface area contributed by atoms with E-state index in [-0.39, 0.29) is 0 Å². The van der Waals surface area contributed by atoms with Crippen LogP contribution in [-0.4, -0.2) is 21.0 Å². The van der Waals surface area contributed by atoms with Crippen LogP contribution in [0, 0.1) is 6.92 Å². The number of aliphatic carboxylic acids is 1. The van der Waals surface area contributed by atoms with Crippen molar-refractivity contribution in [2.24, 2.45) is 0 Å². The van der Waals surface area contributed by atoms with Gasteiger partial charge in [-0.2, -0.15) is 0 Å². The van der Waals surface area contributed by atoms with Gasteiger partial charge in [0.2, 0.25) is 5.88 Å². The molecule has 108 valence electrons. The lowest BCUT2D eigenvalue weighted by molar-refractivity contribution is -0.137. The monoisotopic (exact) mass is 276 g/mol. The zero-order chi connectivity index (χ0) is 14.8. The third kappa shape index (κ3) is 6.58. The van der Waals surface area contributed by atoms with Crippen molar-refractivity contribution in [3.05, 3.63) is 47.9 Å². The molecule has 2 rings (SSSR count). The van der Waals surface area contributed by atoms with Gasteiger partial charge in [-0.15, -0.1) is 0 Å². The molecule has 0 fully saturated rings. The molecule has 1 aromatic carbocycles. The van der Waals surface area contributed by atoms with Gasteiger partial charge in [0.15, 0.2) is 0 Å². The topological polar surface area (TPSA) is 75.2 Å². The van der Waals surface area contributed by atoms with Crippen LogP contribution in [0.25, 0.3) is 0 Å². The van der Waals surface area contributed by atoms with E-state index >= 15 is 0 Å². The average molecular weight is 276 g/mol. The number of aromatic nitrogens is 2. The summed E-state index contributed by atoms with van der Waals surface area (Å²) in [5, 5.41) is 7.91. The maximum atomic E-state index is 9.60. The number of ether oxygens (including phenoxy) is 1. The minimum atomic E-state index is -0.711. The van der Waals surface area contributed by atoms with Gasteiger partial charge in [0.05, 0.1) is 12.5 Å². The van der Waals surface area contributed by atoms with E-state index in [0.717, 1.165) is 6.42 Å². The number of carboxylic acids is 1. The summed E-state index contributed by atoms with van der Waals surface area (Å²) < 4.78 is 5.47. The Morgan fingerprint density at radius 1 is 1.45 bits per heavy atom. The fraction of sp³-hybridized carbons (Fsp3) is 0.333. The number of carboxylic acid groups (broad SMARTS) is 1. The van der Waals surface area contributed by atoms with Gasteiger partial charge in [-0.3, -0.25) is 4.79 Å². The van der Waals surface area contributed by atoms with Crippen molar-refractivity contribution in [3.63, 3.8) is 0 Å². The molecular weight excluding hydrogens is 256 g/mol. The zero-order valence-corrected chi connectivity index (χ0v) is 11.8. The molecule has 5 nitrogen and oxygen atoms in total. The van der Waals surface area contributed by atoms with Crippen LogP contribution in [0.3, 0.4) is 0 Å². The summed E-state index contributed by atoms with van der Waals surface area (Å²) >= 11 is 0. The van der Waals surface area contributed by atoms with Gasteiger partial charge in [0.25, 0.3) is 0 Å². The summed E-state index contributed by atoms with van der Waals surface area (Å²) in [5.41, 5.74) is 2.41. The Morgan fingerprint density at radius 2 is 2.25 bits per heavy atom. The van der Waals surface area contributed by atoms with E-state index in [4.69, 9.17) is 9.84 Å². The van der Waals surface area contributed by atoms with E-state index in [0.29, 0.717) is 18.9 Å². The Morgan fingerprint density at radius 3 is 2.75 bits per heavy atom. The van der Waals surface area contributed by atoms with Crippen LogP contribution in [0.15, 0.2) is 36.8 Å². The predicted octanol–water partition coefficient (Wildman–Crippen LogP) is 3.17. The van der Waals surface area contributed by atoms with Crippen LogP contribution in [-0.2, 0) is 11.4 Å². The van der Waals surface area contributed by atoms with E-state index < -0.39 is 5.97 Å². The van der Waals surface area contributed by atoms with Gasteiger partial charge in [0, 0.05) is 6.42 Å². The molecule has 2 N–H and O–H groups in total. The van der Waals surface area contributed by atoms with Gasteiger partial charge in [-0.05, 0) is 18.9 Å². The van der Waals surface area contributed by atoms with E-state index in [1.165, 1.54) is 11.1 Å². The highest BCUT2D eigenvalue weighted by Crippen LogP contribution is 2.08. The second-order valence-corrected chi connectivity index (χ2v) is 4.34. The van der Waals surface area contributed by atoms with Gasteiger partial charge < -0.3 is 14.8 Å². The molecule has 2 aromatic rings. The molecule has 0 aliphatic carbocycles. The van der Waals surface area contributed by atoms with Gasteiger partial charge in [0.1, 0.15) is 6.61 Å². The minimum absolute atomic E-state index is 0.292. The SMILES string of the molecule is CCCC(=O)O.Cc1cccc(COc2cnc[nH]2)c1. The Kier molecular flexibility index (Phi) is 6.89. The number of imidazole rings is 1. The van der Waals surface area contributed by atoms with Crippen molar-refractivity contribution in [1.82, 2.24) is 9.97 Å². The standard InChI is InChI=1S/C11H12N2O.C4H8O2/c1-9-3-2-4-10(5-9)7-14-11-6-12-8-13-11;1-2-3-4(5)6/h2-6,8H,7H2,1H3,(H,12,13);2-3H2,1H3,(H,5,6). The lowest BCUT2D eigenvalue weighted by Crippen LogP contribution is -1.95. The summed E-state index contributed by atoms with van der Waals surface area (Å²) in [6.45, 7) is 4.48. The number of aromatic amines is 1. The first-order chi connectivity index (χ1) is 9.61. The van der Waals surface area contributed by atoms with Crippen LogP contribution in [0.1, 0.15) is 30.9 Å². The molecule has 0 atom stereocenters. The van der Waals surface area contributed by atoms with E-state index in [1.807, 2.05) is 19.1 Å². The summed E-state index contributed by atoms with van der Waals surface area (Å²) in [6.07, 6.45) is 4.29. The number of rotatable bonds is 5. The summed E-state index contributed by atoms with van der Waals surface area (Å²) in [7, 11) is 0. The highest BCUT2D eigenvalue weighted by atomic mass is 16.5. The molecule has 0 saturated heterocycles. The number of nitrogens with one attached hydrogen (secondary N) is 1. The number of hydrogen-bond acceptors (Lipinski definition) is 3. The first-order valence-electron chi connectivity index (χ1n) is 6.50. The second-order valence-electron chi connectivity index (χ2n) is 4.34. The molecule has 0 unspecified atom stereocenters. The molecule has 1 aromatic heterocycles. The van der Waals surface area contributed by atoms with Crippen molar-refractivity contribution < 1.29 is 14.6 Å². The quantitative estimate of drug-likeness (QED) is 0.879. The molecule has 1 heterocycles. The molecule has 0 saturated carbocycles. The van der Waals surface area contributed by atoms with Gasteiger partial charge >= 0.3 is 5.97 Å². The number of H-pyrrole nitrogens is 1. The average Bonchev–Trinajstić information content (AvgIpc) is 2.90. The van der Waals surface area contributed by atoms with E-state index in [1.54, 1.807) is 12.5 Å². The molecule has 0 aliphatic rings. The minimum Gasteiger partial charge on any atom is -0.481 e. The van der Waals surface area contributed by atoms with Crippen molar-refractivity contribution in [2.45, 2.75) is 33.3 Å². The zero-order valence-electron chi connectivity index (χ0n) is 11.8. The highest BCUT2D eigenvalue weighted by Gasteiger charge is 1.96. The highest BCUT2D eigenvalue weighted by molar-refractivity contribution is 5.66. The molecule has 0 aliphatic heterocycles. The molecule has 0 radical (unpaired) electrons. The Bertz CT molecular complexity index is 510. The van der Waals surface area contributed by atoms with Crippen LogP contribution >= 0.6 is 0 Å². The van der Waals surface area contributed by atoms with Gasteiger partial charge in [-0.1, -0.05) is 36.8 Å². The molecular formula is C15H20N2O3. The normalized spacial score (nSPS) is 9.50. The largest absolute Gasteiger partial charge is 0.481 e. The lowest BCUT2D eigenvalue weighted by Gasteiger charge is -2.03. The summed E-state index contributed by atoms with van der Waals surface area (Å²) in [6, 6.07) is 8.25. The predicted molar refractivity (Wildman–Crippen MR) is 76.6 cm³/mol. The number of aryl methyl sites for hydroxylation is 1. The van der Waals surface area contributed by atoms with Gasteiger partial charge in [-0.25, -0.2) is 4.98 Å². The lowest BCUT2D eigenvalue weighted by atomic mass is 10.1. The first kappa shape index (κ1) is 15.8.